The molecule has 1 aliphatic heterocycles. The summed E-state index contributed by atoms with van der Waals surface area (Å²) in [6.07, 6.45) is 5.04. The predicted octanol–water partition coefficient (Wildman–Crippen LogP) is 0.909. The van der Waals surface area contributed by atoms with Crippen molar-refractivity contribution in [3.63, 3.8) is 0 Å². The van der Waals surface area contributed by atoms with E-state index in [1.807, 2.05) is 0 Å². The van der Waals surface area contributed by atoms with Gasteiger partial charge in [-0.2, -0.15) is 4.98 Å². The standard InChI is InChI=1S/C9H16N4O/c10-7-8-11-9(12-14-8)13-5-3-1-2-4-6-13/h1-7,10H2. The first-order valence-corrected chi connectivity index (χ1v) is 5.18. The van der Waals surface area contributed by atoms with Gasteiger partial charge >= 0.3 is 0 Å². The Balaban J connectivity index is 2.04. The number of anilines is 1. The van der Waals surface area contributed by atoms with Crippen LogP contribution >= 0.6 is 0 Å². The Kier molecular flexibility index (Phi) is 2.98. The van der Waals surface area contributed by atoms with Crippen molar-refractivity contribution in [2.45, 2.75) is 32.2 Å². The van der Waals surface area contributed by atoms with Gasteiger partial charge in [-0.1, -0.05) is 12.8 Å². The van der Waals surface area contributed by atoms with E-state index in [9.17, 15) is 0 Å². The fraction of sp³-hybridized carbons (Fsp3) is 0.778. The number of hydrogen-bond donors (Lipinski definition) is 1. The Hall–Kier alpha value is -1.10. The third kappa shape index (κ3) is 2.04. The van der Waals surface area contributed by atoms with Crippen molar-refractivity contribution >= 4 is 5.95 Å². The van der Waals surface area contributed by atoms with Crippen molar-refractivity contribution in [2.24, 2.45) is 5.73 Å². The Bertz CT molecular complexity index is 278. The second-order valence-electron chi connectivity index (χ2n) is 3.59. The van der Waals surface area contributed by atoms with E-state index in [1.54, 1.807) is 0 Å². The average Bonchev–Trinajstić information content (AvgIpc) is 2.53. The van der Waals surface area contributed by atoms with E-state index in [2.05, 4.69) is 15.0 Å². The van der Waals surface area contributed by atoms with Gasteiger partial charge in [-0.05, 0) is 18.0 Å². The molecule has 2 rings (SSSR count). The molecular formula is C9H16N4O. The minimum absolute atomic E-state index is 0.320. The van der Waals surface area contributed by atoms with E-state index in [0.717, 1.165) is 13.1 Å². The van der Waals surface area contributed by atoms with E-state index in [0.29, 0.717) is 18.4 Å². The second-order valence-corrected chi connectivity index (χ2v) is 3.59. The van der Waals surface area contributed by atoms with Crippen LogP contribution in [0.25, 0.3) is 0 Å². The van der Waals surface area contributed by atoms with Gasteiger partial charge in [0.15, 0.2) is 0 Å². The average molecular weight is 196 g/mol. The molecule has 1 saturated heterocycles. The molecule has 0 saturated carbocycles. The van der Waals surface area contributed by atoms with E-state index < -0.39 is 0 Å². The molecule has 14 heavy (non-hydrogen) atoms. The molecule has 0 aliphatic carbocycles. The number of aromatic nitrogens is 2. The van der Waals surface area contributed by atoms with Crippen molar-refractivity contribution in [3.8, 4) is 0 Å². The van der Waals surface area contributed by atoms with Crippen molar-refractivity contribution in [3.05, 3.63) is 5.89 Å². The topological polar surface area (TPSA) is 68.2 Å². The molecule has 2 N–H and O–H groups in total. The molecular weight excluding hydrogens is 180 g/mol. The molecule has 0 bridgehead atoms. The number of nitrogens with two attached hydrogens (primary N) is 1. The summed E-state index contributed by atoms with van der Waals surface area (Å²) in [5, 5.41) is 3.91. The first-order valence-electron chi connectivity index (χ1n) is 5.18. The van der Waals surface area contributed by atoms with Crippen LogP contribution in [0.3, 0.4) is 0 Å². The van der Waals surface area contributed by atoms with E-state index in [4.69, 9.17) is 10.3 Å². The lowest BCUT2D eigenvalue weighted by atomic mass is 10.2. The van der Waals surface area contributed by atoms with Crippen LogP contribution in [0.1, 0.15) is 31.6 Å². The highest BCUT2D eigenvalue weighted by molar-refractivity contribution is 5.27. The van der Waals surface area contributed by atoms with Gasteiger partial charge < -0.3 is 15.2 Å². The monoisotopic (exact) mass is 196 g/mol. The van der Waals surface area contributed by atoms with Crippen LogP contribution in [0.15, 0.2) is 4.52 Å². The fourth-order valence-corrected chi connectivity index (χ4v) is 1.73. The lowest BCUT2D eigenvalue weighted by Gasteiger charge is -2.16. The highest BCUT2D eigenvalue weighted by Crippen LogP contribution is 2.15. The van der Waals surface area contributed by atoms with E-state index in [-0.39, 0.29) is 0 Å². The van der Waals surface area contributed by atoms with Gasteiger partial charge in [0.05, 0.1) is 6.54 Å². The smallest absolute Gasteiger partial charge is 0.266 e. The predicted molar refractivity (Wildman–Crippen MR) is 52.9 cm³/mol. The molecule has 2 heterocycles. The third-order valence-electron chi connectivity index (χ3n) is 2.52. The largest absolute Gasteiger partial charge is 0.338 e. The van der Waals surface area contributed by atoms with E-state index in [1.165, 1.54) is 25.7 Å². The van der Waals surface area contributed by atoms with Crippen LogP contribution in [0.4, 0.5) is 5.95 Å². The van der Waals surface area contributed by atoms with Crippen LogP contribution in [0.5, 0.6) is 0 Å². The third-order valence-corrected chi connectivity index (χ3v) is 2.52. The van der Waals surface area contributed by atoms with Crippen LogP contribution in [0.2, 0.25) is 0 Å². The molecule has 0 atom stereocenters. The quantitative estimate of drug-likeness (QED) is 0.761. The molecule has 5 heteroatoms. The minimum Gasteiger partial charge on any atom is -0.338 e. The molecule has 1 fully saturated rings. The zero-order valence-electron chi connectivity index (χ0n) is 8.28. The maximum atomic E-state index is 5.41. The molecule has 1 aliphatic rings. The molecule has 0 aromatic carbocycles. The fourth-order valence-electron chi connectivity index (χ4n) is 1.73. The summed E-state index contributed by atoms with van der Waals surface area (Å²) in [7, 11) is 0. The normalized spacial score (nSPS) is 18.2. The SMILES string of the molecule is NCc1nc(N2CCCCCC2)no1. The summed E-state index contributed by atoms with van der Waals surface area (Å²) in [6.45, 7) is 2.38. The molecule has 1 aromatic heterocycles. The van der Waals surface area contributed by atoms with E-state index >= 15 is 0 Å². The number of hydrogen-bond acceptors (Lipinski definition) is 5. The van der Waals surface area contributed by atoms with Gasteiger partial charge in [-0.15, -0.1) is 0 Å². The molecule has 0 amide bonds. The van der Waals surface area contributed by atoms with Crippen LogP contribution < -0.4 is 10.6 Å². The Labute approximate surface area is 83.3 Å². The van der Waals surface area contributed by atoms with Gasteiger partial charge in [-0.3, -0.25) is 0 Å². The maximum absolute atomic E-state index is 5.41. The summed E-state index contributed by atoms with van der Waals surface area (Å²) >= 11 is 0. The lowest BCUT2D eigenvalue weighted by molar-refractivity contribution is 0.379. The second kappa shape index (κ2) is 4.41. The van der Waals surface area contributed by atoms with Crippen molar-refractivity contribution in [1.29, 1.82) is 0 Å². The molecule has 0 unspecified atom stereocenters. The van der Waals surface area contributed by atoms with Gasteiger partial charge in [0.25, 0.3) is 5.95 Å². The zero-order chi connectivity index (χ0) is 9.80. The molecule has 0 spiro atoms. The summed E-state index contributed by atoms with van der Waals surface area (Å²) in [6, 6.07) is 0. The number of rotatable bonds is 2. The summed E-state index contributed by atoms with van der Waals surface area (Å²) in [5.74, 6) is 1.22. The van der Waals surface area contributed by atoms with Crippen molar-refractivity contribution in [2.75, 3.05) is 18.0 Å². The Morgan fingerprint density at radius 1 is 1.21 bits per heavy atom. The molecule has 0 radical (unpaired) electrons. The highest BCUT2D eigenvalue weighted by atomic mass is 16.5. The summed E-state index contributed by atoms with van der Waals surface area (Å²) < 4.78 is 4.98. The van der Waals surface area contributed by atoms with Crippen molar-refractivity contribution in [1.82, 2.24) is 10.1 Å². The zero-order valence-corrected chi connectivity index (χ0v) is 8.28. The van der Waals surface area contributed by atoms with Crippen molar-refractivity contribution < 1.29 is 4.52 Å². The van der Waals surface area contributed by atoms with Crippen LogP contribution in [-0.2, 0) is 6.54 Å². The van der Waals surface area contributed by atoms with Gasteiger partial charge in [0, 0.05) is 13.1 Å². The molecule has 78 valence electrons. The maximum Gasteiger partial charge on any atom is 0.266 e. The van der Waals surface area contributed by atoms with Gasteiger partial charge in [-0.25, -0.2) is 0 Å². The lowest BCUT2D eigenvalue weighted by Crippen LogP contribution is -2.25. The molecule has 1 aromatic rings. The first-order chi connectivity index (χ1) is 6.90. The Morgan fingerprint density at radius 3 is 2.50 bits per heavy atom. The number of nitrogens with zero attached hydrogens (tertiary/aromatic N) is 3. The summed E-state index contributed by atoms with van der Waals surface area (Å²) in [4.78, 5) is 6.39. The van der Waals surface area contributed by atoms with Crippen LogP contribution in [0, 0.1) is 0 Å². The Morgan fingerprint density at radius 2 is 1.93 bits per heavy atom. The first kappa shape index (κ1) is 9.45. The highest BCUT2D eigenvalue weighted by Gasteiger charge is 2.14. The van der Waals surface area contributed by atoms with Crippen LogP contribution in [-0.4, -0.2) is 23.2 Å². The minimum atomic E-state index is 0.320. The van der Waals surface area contributed by atoms with Gasteiger partial charge in [0.1, 0.15) is 0 Å². The van der Waals surface area contributed by atoms with Gasteiger partial charge in [0.2, 0.25) is 5.89 Å². The summed E-state index contributed by atoms with van der Waals surface area (Å²) in [5.41, 5.74) is 5.41. The molecule has 5 nitrogen and oxygen atoms in total.